The third kappa shape index (κ3) is 5.32. The van der Waals surface area contributed by atoms with Crippen LogP contribution < -0.4 is 4.74 Å². The molecule has 146 valence electrons. The number of rotatable bonds is 7. The molecule has 1 saturated heterocycles. The van der Waals surface area contributed by atoms with Gasteiger partial charge in [0, 0.05) is 44.5 Å². The molecule has 1 atom stereocenters. The van der Waals surface area contributed by atoms with Gasteiger partial charge in [-0.05, 0) is 51.6 Å². The van der Waals surface area contributed by atoms with Crippen molar-refractivity contribution in [3.63, 3.8) is 0 Å². The van der Waals surface area contributed by atoms with Gasteiger partial charge in [0.25, 0.3) is 5.91 Å². The highest BCUT2D eigenvalue weighted by Crippen LogP contribution is 2.26. The Morgan fingerprint density at radius 2 is 2.22 bits per heavy atom. The average molecular weight is 370 g/mol. The van der Waals surface area contributed by atoms with Gasteiger partial charge in [-0.3, -0.25) is 4.79 Å². The van der Waals surface area contributed by atoms with Gasteiger partial charge in [0.15, 0.2) is 6.61 Å². The van der Waals surface area contributed by atoms with E-state index in [-0.39, 0.29) is 12.5 Å². The highest BCUT2D eigenvalue weighted by atomic mass is 16.5. The highest BCUT2D eigenvalue weighted by molar-refractivity contribution is 5.78. The topological polar surface area (TPSA) is 50.6 Å². The molecule has 1 amide bonds. The molecule has 6 heteroatoms. The lowest BCUT2D eigenvalue weighted by Gasteiger charge is -2.32. The second-order valence-electron chi connectivity index (χ2n) is 7.57. The SMILES string of the molecule is Cc1cccc(OCC(=O)N2CCC[C@@H](c3nccn3CCN(C)C)C2)c1. The van der Waals surface area contributed by atoms with Crippen molar-refractivity contribution >= 4 is 5.91 Å². The number of benzene rings is 1. The minimum Gasteiger partial charge on any atom is -0.484 e. The van der Waals surface area contributed by atoms with Crippen molar-refractivity contribution in [2.24, 2.45) is 0 Å². The third-order valence-electron chi connectivity index (χ3n) is 5.03. The van der Waals surface area contributed by atoms with Gasteiger partial charge in [-0.1, -0.05) is 12.1 Å². The number of imidazole rings is 1. The molecule has 0 unspecified atom stereocenters. The maximum Gasteiger partial charge on any atom is 0.260 e. The van der Waals surface area contributed by atoms with E-state index >= 15 is 0 Å². The molecule has 0 saturated carbocycles. The van der Waals surface area contributed by atoms with Crippen LogP contribution in [0, 0.1) is 6.92 Å². The van der Waals surface area contributed by atoms with E-state index in [1.807, 2.05) is 48.5 Å². The van der Waals surface area contributed by atoms with E-state index in [0.29, 0.717) is 5.92 Å². The maximum atomic E-state index is 12.6. The fourth-order valence-electron chi connectivity index (χ4n) is 3.53. The number of likely N-dealkylation sites (tertiary alicyclic amines) is 1. The Morgan fingerprint density at radius 1 is 1.37 bits per heavy atom. The summed E-state index contributed by atoms with van der Waals surface area (Å²) in [5.41, 5.74) is 1.13. The smallest absolute Gasteiger partial charge is 0.260 e. The summed E-state index contributed by atoms with van der Waals surface area (Å²) in [6.45, 7) is 5.51. The van der Waals surface area contributed by atoms with Crippen LogP contribution in [0.15, 0.2) is 36.7 Å². The summed E-state index contributed by atoms with van der Waals surface area (Å²) < 4.78 is 7.92. The number of nitrogens with zero attached hydrogens (tertiary/aromatic N) is 4. The van der Waals surface area contributed by atoms with Gasteiger partial charge in [0.2, 0.25) is 0 Å². The number of carbonyl (C=O) groups excluding carboxylic acids is 1. The lowest BCUT2D eigenvalue weighted by atomic mass is 9.97. The average Bonchev–Trinajstić information content (AvgIpc) is 3.13. The van der Waals surface area contributed by atoms with E-state index in [1.54, 1.807) is 0 Å². The van der Waals surface area contributed by atoms with E-state index < -0.39 is 0 Å². The molecule has 2 heterocycles. The summed E-state index contributed by atoms with van der Waals surface area (Å²) >= 11 is 0. The molecule has 0 radical (unpaired) electrons. The Labute approximate surface area is 161 Å². The van der Waals surface area contributed by atoms with Gasteiger partial charge in [0.1, 0.15) is 11.6 Å². The van der Waals surface area contributed by atoms with E-state index in [9.17, 15) is 4.79 Å². The van der Waals surface area contributed by atoms with Crippen LogP contribution in [0.4, 0.5) is 0 Å². The molecule has 0 N–H and O–H groups in total. The second kappa shape index (κ2) is 9.04. The summed E-state index contributed by atoms with van der Waals surface area (Å²) in [7, 11) is 4.15. The maximum absolute atomic E-state index is 12.6. The van der Waals surface area contributed by atoms with Gasteiger partial charge in [-0.25, -0.2) is 4.98 Å². The van der Waals surface area contributed by atoms with Crippen molar-refractivity contribution in [3.8, 4) is 5.75 Å². The molecule has 0 aliphatic carbocycles. The van der Waals surface area contributed by atoms with Gasteiger partial charge in [0.05, 0.1) is 0 Å². The van der Waals surface area contributed by atoms with Gasteiger partial charge in [-0.2, -0.15) is 0 Å². The lowest BCUT2D eigenvalue weighted by Crippen LogP contribution is -2.42. The first-order chi connectivity index (χ1) is 13.0. The molecule has 2 aromatic rings. The molecule has 1 aliphatic heterocycles. The number of likely N-dealkylation sites (N-methyl/N-ethyl adjacent to an activating group) is 1. The van der Waals surface area contributed by atoms with Crippen LogP contribution in [-0.2, 0) is 11.3 Å². The number of amides is 1. The summed E-state index contributed by atoms with van der Waals surface area (Å²) in [4.78, 5) is 21.3. The molecule has 0 spiro atoms. The van der Waals surface area contributed by atoms with Crippen molar-refractivity contribution in [1.29, 1.82) is 0 Å². The molecule has 27 heavy (non-hydrogen) atoms. The van der Waals surface area contributed by atoms with Crippen molar-refractivity contribution < 1.29 is 9.53 Å². The quantitative estimate of drug-likeness (QED) is 0.752. The van der Waals surface area contributed by atoms with Gasteiger partial charge in [-0.15, -0.1) is 0 Å². The number of aryl methyl sites for hydroxylation is 1. The molecule has 3 rings (SSSR count). The Hall–Kier alpha value is -2.34. The van der Waals surface area contributed by atoms with Crippen LogP contribution in [0.25, 0.3) is 0 Å². The standard InChI is InChI=1S/C21H30N4O2/c1-17-6-4-8-19(14-17)27-16-20(26)25-10-5-7-18(15-25)21-22-9-11-24(21)13-12-23(2)3/h4,6,8-9,11,14,18H,5,7,10,12-13,15-16H2,1-3H3/t18-/m1/s1. The Balaban J connectivity index is 1.57. The van der Waals surface area contributed by atoms with Crippen molar-refractivity contribution in [2.45, 2.75) is 32.2 Å². The van der Waals surface area contributed by atoms with E-state index in [4.69, 9.17) is 4.74 Å². The fourth-order valence-corrected chi connectivity index (χ4v) is 3.53. The summed E-state index contributed by atoms with van der Waals surface area (Å²) in [6.07, 6.45) is 5.98. The predicted molar refractivity (Wildman–Crippen MR) is 106 cm³/mol. The normalized spacial score (nSPS) is 17.3. The van der Waals surface area contributed by atoms with Crippen molar-refractivity contribution in [3.05, 3.63) is 48.0 Å². The molecular formula is C21H30N4O2. The van der Waals surface area contributed by atoms with Gasteiger partial charge < -0.3 is 19.1 Å². The summed E-state index contributed by atoms with van der Waals surface area (Å²) in [5, 5.41) is 0. The van der Waals surface area contributed by atoms with Crippen molar-refractivity contribution in [1.82, 2.24) is 19.4 Å². The van der Waals surface area contributed by atoms with E-state index in [0.717, 1.165) is 56.2 Å². The number of piperidine rings is 1. The second-order valence-corrected chi connectivity index (χ2v) is 7.57. The molecule has 1 aromatic carbocycles. The van der Waals surface area contributed by atoms with Crippen LogP contribution in [0.5, 0.6) is 5.75 Å². The molecule has 1 aliphatic rings. The van der Waals surface area contributed by atoms with Crippen LogP contribution in [0.2, 0.25) is 0 Å². The van der Waals surface area contributed by atoms with E-state index in [2.05, 4.69) is 28.5 Å². The van der Waals surface area contributed by atoms with Crippen LogP contribution >= 0.6 is 0 Å². The third-order valence-corrected chi connectivity index (χ3v) is 5.03. The highest BCUT2D eigenvalue weighted by Gasteiger charge is 2.27. The van der Waals surface area contributed by atoms with Gasteiger partial charge >= 0.3 is 0 Å². The Bertz CT molecular complexity index is 756. The molecule has 1 aromatic heterocycles. The zero-order valence-corrected chi connectivity index (χ0v) is 16.6. The minimum atomic E-state index is 0.0487. The molecular weight excluding hydrogens is 340 g/mol. The first kappa shape index (κ1) is 19.4. The van der Waals surface area contributed by atoms with Crippen LogP contribution in [-0.4, -0.2) is 65.6 Å². The molecule has 6 nitrogen and oxygen atoms in total. The number of carbonyl (C=O) groups is 1. The van der Waals surface area contributed by atoms with E-state index in [1.165, 1.54) is 0 Å². The summed E-state index contributed by atoms with van der Waals surface area (Å²) in [5.74, 6) is 2.18. The minimum absolute atomic E-state index is 0.0487. The first-order valence-electron chi connectivity index (χ1n) is 9.66. The zero-order chi connectivity index (χ0) is 19.2. The zero-order valence-electron chi connectivity index (χ0n) is 16.6. The number of hydrogen-bond donors (Lipinski definition) is 0. The molecule has 1 fully saturated rings. The Morgan fingerprint density at radius 3 is 3.00 bits per heavy atom. The first-order valence-corrected chi connectivity index (χ1v) is 9.66. The Kier molecular flexibility index (Phi) is 6.50. The monoisotopic (exact) mass is 370 g/mol. The number of ether oxygens (including phenoxy) is 1. The fraction of sp³-hybridized carbons (Fsp3) is 0.524. The van der Waals surface area contributed by atoms with Crippen LogP contribution in [0.1, 0.15) is 30.1 Å². The van der Waals surface area contributed by atoms with Crippen molar-refractivity contribution in [2.75, 3.05) is 40.3 Å². The lowest BCUT2D eigenvalue weighted by molar-refractivity contribution is -0.134. The largest absolute Gasteiger partial charge is 0.484 e. The van der Waals surface area contributed by atoms with Crippen LogP contribution in [0.3, 0.4) is 0 Å². The number of aromatic nitrogens is 2. The summed E-state index contributed by atoms with van der Waals surface area (Å²) in [6, 6.07) is 7.80. The number of hydrogen-bond acceptors (Lipinski definition) is 4. The molecule has 0 bridgehead atoms. The predicted octanol–water partition coefficient (Wildman–Crippen LogP) is 2.54.